The quantitative estimate of drug-likeness (QED) is 0.473. The summed E-state index contributed by atoms with van der Waals surface area (Å²) in [5.41, 5.74) is 12.1. The van der Waals surface area contributed by atoms with Crippen LogP contribution >= 0.6 is 0 Å². The van der Waals surface area contributed by atoms with Crippen molar-refractivity contribution in [1.82, 2.24) is 14.6 Å². The van der Waals surface area contributed by atoms with Gasteiger partial charge < -0.3 is 21.6 Å². The van der Waals surface area contributed by atoms with Crippen LogP contribution in [0, 0.1) is 0 Å². The van der Waals surface area contributed by atoms with Crippen LogP contribution in [0.5, 0.6) is 0 Å². The number of nitrogens with one attached hydrogen (secondary N) is 2. The van der Waals surface area contributed by atoms with Crippen LogP contribution in [0.3, 0.4) is 0 Å². The molecule has 126 valence electrons. The number of amides is 1. The van der Waals surface area contributed by atoms with Crippen LogP contribution in [0.1, 0.15) is 13.8 Å². The number of hydroxylamine groups is 1. The lowest BCUT2D eigenvalue weighted by Gasteiger charge is -2.17. The lowest BCUT2D eigenvalue weighted by molar-refractivity contribution is -0.118. The Balaban J connectivity index is 2.49. The van der Waals surface area contributed by atoms with Crippen molar-refractivity contribution in [2.75, 3.05) is 11.1 Å². The van der Waals surface area contributed by atoms with Crippen LogP contribution in [0.2, 0.25) is 0 Å². The number of anilines is 2. The van der Waals surface area contributed by atoms with E-state index in [9.17, 15) is 14.4 Å². The molecule has 11 nitrogen and oxygen atoms in total. The molecule has 1 aromatic heterocycles. The first-order valence-electron chi connectivity index (χ1n) is 6.86. The monoisotopic (exact) mass is 325 g/mol. The van der Waals surface area contributed by atoms with E-state index in [0.29, 0.717) is 0 Å². The molecule has 2 heterocycles. The van der Waals surface area contributed by atoms with Gasteiger partial charge in [0.1, 0.15) is 30.3 Å². The molecule has 0 radical (unpaired) electrons. The van der Waals surface area contributed by atoms with Crippen LogP contribution < -0.4 is 33.5 Å². The molecule has 0 bridgehead atoms. The molecule has 0 spiro atoms. The molecule has 6 N–H and O–H groups in total. The fraction of sp³-hybridized carbons (Fsp3) is 0.500. The van der Waals surface area contributed by atoms with Crippen molar-refractivity contribution in [2.24, 2.45) is 17.8 Å². The van der Waals surface area contributed by atoms with Crippen molar-refractivity contribution in [2.45, 2.75) is 32.6 Å². The number of primary amides is 1. The number of aromatic nitrogens is 2. The molecule has 0 fully saturated rings. The fourth-order valence-electron chi connectivity index (χ4n) is 1.98. The smallest absolute Gasteiger partial charge is 0.332 e. The van der Waals surface area contributed by atoms with Crippen molar-refractivity contribution in [3.05, 3.63) is 20.8 Å². The maximum Gasteiger partial charge on any atom is 0.332 e. The van der Waals surface area contributed by atoms with Crippen molar-refractivity contribution >= 4 is 23.3 Å². The van der Waals surface area contributed by atoms with Gasteiger partial charge in [0.05, 0.1) is 0 Å². The van der Waals surface area contributed by atoms with Crippen molar-refractivity contribution < 1.29 is 9.63 Å². The summed E-state index contributed by atoms with van der Waals surface area (Å²) >= 11 is 0. The molecular formula is C12H19N7O4. The normalized spacial score (nSPS) is 18.2. The van der Waals surface area contributed by atoms with E-state index in [2.05, 4.69) is 15.8 Å². The molecule has 1 amide bonds. The molecule has 1 aliphatic rings. The summed E-state index contributed by atoms with van der Waals surface area (Å²) < 4.78 is 1.99. The average molecular weight is 325 g/mol. The molecule has 2 atom stereocenters. The highest BCUT2D eigenvalue weighted by molar-refractivity contribution is 5.83. The largest absolute Gasteiger partial charge is 0.389 e. The maximum atomic E-state index is 12.5. The number of rotatable bonds is 5. The SMILES string of the molecule is CC1N=C(Cn2c(=O)c(N[C@@H](C)C(N)=O)c(N)n(C)c2=O)ON1. The zero-order valence-electron chi connectivity index (χ0n) is 13.0. The molecule has 11 heteroatoms. The van der Waals surface area contributed by atoms with Crippen LogP contribution in [0.25, 0.3) is 0 Å². The molecule has 0 saturated carbocycles. The molecule has 0 saturated heterocycles. The Kier molecular flexibility index (Phi) is 4.40. The van der Waals surface area contributed by atoms with Gasteiger partial charge >= 0.3 is 5.69 Å². The van der Waals surface area contributed by atoms with Crippen molar-refractivity contribution in [3.63, 3.8) is 0 Å². The van der Waals surface area contributed by atoms with Gasteiger partial charge in [-0.05, 0) is 13.8 Å². The van der Waals surface area contributed by atoms with E-state index in [-0.39, 0.29) is 30.1 Å². The molecule has 23 heavy (non-hydrogen) atoms. The first-order valence-corrected chi connectivity index (χ1v) is 6.86. The van der Waals surface area contributed by atoms with Crippen molar-refractivity contribution in [3.8, 4) is 0 Å². The zero-order chi connectivity index (χ0) is 17.3. The van der Waals surface area contributed by atoms with E-state index in [1.807, 2.05) is 0 Å². The highest BCUT2D eigenvalue weighted by Gasteiger charge is 2.22. The van der Waals surface area contributed by atoms with E-state index < -0.39 is 23.2 Å². The number of nitrogen functional groups attached to an aromatic ring is 1. The molecule has 2 rings (SSSR count). The van der Waals surface area contributed by atoms with Gasteiger partial charge in [-0.1, -0.05) is 0 Å². The van der Waals surface area contributed by atoms with Gasteiger partial charge in [0.2, 0.25) is 11.8 Å². The molecule has 1 aliphatic heterocycles. The van der Waals surface area contributed by atoms with Gasteiger partial charge in [0.25, 0.3) is 5.56 Å². The number of carbonyl (C=O) groups is 1. The fourth-order valence-corrected chi connectivity index (χ4v) is 1.98. The summed E-state index contributed by atoms with van der Waals surface area (Å²) in [7, 11) is 1.41. The van der Waals surface area contributed by atoms with Gasteiger partial charge in [-0.3, -0.25) is 14.2 Å². The Morgan fingerprint density at radius 1 is 1.52 bits per heavy atom. The zero-order valence-corrected chi connectivity index (χ0v) is 13.0. The Bertz CT molecular complexity index is 779. The van der Waals surface area contributed by atoms with E-state index >= 15 is 0 Å². The first-order chi connectivity index (χ1) is 10.7. The number of hydrogen-bond donors (Lipinski definition) is 4. The Labute approximate surface area is 130 Å². The van der Waals surface area contributed by atoms with E-state index in [0.717, 1.165) is 9.13 Å². The van der Waals surface area contributed by atoms with Crippen molar-refractivity contribution in [1.29, 1.82) is 0 Å². The third-order valence-electron chi connectivity index (χ3n) is 3.36. The summed E-state index contributed by atoms with van der Waals surface area (Å²) in [4.78, 5) is 45.1. The van der Waals surface area contributed by atoms with E-state index in [4.69, 9.17) is 16.3 Å². The number of hydrogen-bond acceptors (Lipinski definition) is 8. The van der Waals surface area contributed by atoms with Gasteiger partial charge in [-0.2, -0.15) is 0 Å². The second kappa shape index (κ2) is 6.12. The summed E-state index contributed by atoms with van der Waals surface area (Å²) in [6.07, 6.45) is -0.272. The van der Waals surface area contributed by atoms with Gasteiger partial charge in [0.15, 0.2) is 0 Å². The third kappa shape index (κ3) is 3.18. The molecule has 1 aromatic rings. The van der Waals surface area contributed by atoms with Gasteiger partial charge in [-0.25, -0.2) is 14.4 Å². The molecular weight excluding hydrogens is 306 g/mol. The Morgan fingerprint density at radius 2 is 2.17 bits per heavy atom. The summed E-state index contributed by atoms with van der Waals surface area (Å²) in [6.45, 7) is 3.06. The molecule has 1 unspecified atom stereocenters. The van der Waals surface area contributed by atoms with Crippen LogP contribution in [-0.2, 0) is 23.2 Å². The summed E-state index contributed by atoms with van der Waals surface area (Å²) in [5.74, 6) is -0.564. The minimum atomic E-state index is -0.835. The summed E-state index contributed by atoms with van der Waals surface area (Å²) in [5, 5.41) is 2.63. The highest BCUT2D eigenvalue weighted by Crippen LogP contribution is 2.11. The lowest BCUT2D eigenvalue weighted by atomic mass is 10.3. The topological polar surface area (TPSA) is 159 Å². The standard InChI is InChI=1S/C12H19N7O4/c1-5(10(14)20)15-8-9(13)18(3)12(22)19(11(8)21)4-7-16-6(2)17-23-7/h5-6,15,17H,4,13H2,1-3H3,(H2,14,20)/t5-,6?/m0/s1. The predicted molar refractivity (Wildman–Crippen MR) is 83.8 cm³/mol. The van der Waals surface area contributed by atoms with E-state index in [1.165, 1.54) is 14.0 Å². The lowest BCUT2D eigenvalue weighted by Crippen LogP contribution is -2.45. The minimum Gasteiger partial charge on any atom is -0.389 e. The minimum absolute atomic E-state index is 0.0852. The van der Waals surface area contributed by atoms with Crippen LogP contribution in [0.15, 0.2) is 14.6 Å². The Morgan fingerprint density at radius 3 is 2.70 bits per heavy atom. The second-order valence-corrected chi connectivity index (χ2v) is 5.18. The molecule has 0 aromatic carbocycles. The van der Waals surface area contributed by atoms with Gasteiger partial charge in [0, 0.05) is 7.05 Å². The summed E-state index contributed by atoms with van der Waals surface area (Å²) in [6, 6.07) is -0.835. The average Bonchev–Trinajstić information content (AvgIpc) is 2.91. The first kappa shape index (κ1) is 16.5. The van der Waals surface area contributed by atoms with Crippen LogP contribution in [-0.4, -0.2) is 33.1 Å². The van der Waals surface area contributed by atoms with E-state index in [1.54, 1.807) is 6.92 Å². The maximum absolute atomic E-state index is 12.5. The number of nitrogens with zero attached hydrogens (tertiary/aromatic N) is 3. The highest BCUT2D eigenvalue weighted by atomic mass is 16.7. The number of aliphatic imine (C=N–C) groups is 1. The van der Waals surface area contributed by atoms with Crippen LogP contribution in [0.4, 0.5) is 11.5 Å². The third-order valence-corrected chi connectivity index (χ3v) is 3.36. The number of nitrogens with two attached hydrogens (primary N) is 2. The second-order valence-electron chi connectivity index (χ2n) is 5.18. The predicted octanol–water partition coefficient (Wildman–Crippen LogP) is -2.31. The number of carbonyl (C=O) groups excluding carboxylic acids is 1. The Hall–Kier alpha value is -2.82. The van der Waals surface area contributed by atoms with Gasteiger partial charge in [-0.15, -0.1) is 5.48 Å². The molecule has 0 aliphatic carbocycles.